The maximum atomic E-state index is 13.0. The summed E-state index contributed by atoms with van der Waals surface area (Å²) in [6.45, 7) is 0. The molecular weight excluding hydrogens is 267 g/mol. The zero-order valence-electron chi connectivity index (χ0n) is 10.5. The molecule has 1 heterocycles. The number of aromatic nitrogens is 1. The Hall–Kier alpha value is -2.30. The van der Waals surface area contributed by atoms with Gasteiger partial charge in [-0.2, -0.15) is 13.2 Å². The number of alkyl halides is 3. The van der Waals surface area contributed by atoms with Gasteiger partial charge < -0.3 is 4.74 Å². The van der Waals surface area contributed by atoms with Crippen LogP contribution in [-0.2, 0) is 6.18 Å². The first-order chi connectivity index (χ1) is 9.50. The van der Waals surface area contributed by atoms with Gasteiger partial charge in [-0.05, 0) is 23.6 Å². The molecule has 2 aromatic carbocycles. The number of halogens is 3. The predicted molar refractivity (Wildman–Crippen MR) is 70.8 cm³/mol. The average molecular weight is 277 g/mol. The van der Waals surface area contributed by atoms with Gasteiger partial charge in [-0.25, -0.2) is 0 Å². The number of methoxy groups -OCH3 is 1. The Kier molecular flexibility index (Phi) is 2.78. The minimum Gasteiger partial charge on any atom is -0.497 e. The van der Waals surface area contributed by atoms with Crippen molar-refractivity contribution < 1.29 is 17.9 Å². The van der Waals surface area contributed by atoms with Crippen molar-refractivity contribution in [1.82, 2.24) is 4.98 Å². The molecule has 0 radical (unpaired) electrons. The van der Waals surface area contributed by atoms with Crippen LogP contribution in [0.5, 0.6) is 5.75 Å². The van der Waals surface area contributed by atoms with Gasteiger partial charge in [-0.3, -0.25) is 4.98 Å². The second kappa shape index (κ2) is 4.37. The molecule has 0 unspecified atom stereocenters. The third-order valence-electron chi connectivity index (χ3n) is 3.24. The number of ether oxygens (including phenoxy) is 1. The van der Waals surface area contributed by atoms with Crippen molar-refractivity contribution >= 4 is 21.7 Å². The number of pyridine rings is 1. The van der Waals surface area contributed by atoms with Crippen LogP contribution in [0.4, 0.5) is 13.2 Å². The van der Waals surface area contributed by atoms with E-state index in [1.54, 1.807) is 24.3 Å². The quantitative estimate of drug-likeness (QED) is 0.614. The molecule has 0 amide bonds. The molecule has 0 bridgehead atoms. The smallest absolute Gasteiger partial charge is 0.417 e. The summed E-state index contributed by atoms with van der Waals surface area (Å²) in [6, 6.07) is 9.29. The van der Waals surface area contributed by atoms with Crippen LogP contribution in [-0.4, -0.2) is 12.1 Å². The van der Waals surface area contributed by atoms with Gasteiger partial charge in [0, 0.05) is 23.0 Å². The molecule has 0 fully saturated rings. The SMILES string of the molecule is COc1ccc2c(c1)ncc1c(C(F)(F)F)cccc12. The summed E-state index contributed by atoms with van der Waals surface area (Å²) in [5.74, 6) is 0.622. The monoisotopic (exact) mass is 277 g/mol. The van der Waals surface area contributed by atoms with E-state index in [1.807, 2.05) is 0 Å². The Morgan fingerprint density at radius 3 is 2.50 bits per heavy atom. The summed E-state index contributed by atoms with van der Waals surface area (Å²) >= 11 is 0. The van der Waals surface area contributed by atoms with Crippen LogP contribution in [0.1, 0.15) is 5.56 Å². The minimum absolute atomic E-state index is 0.109. The van der Waals surface area contributed by atoms with Gasteiger partial charge in [0.25, 0.3) is 0 Å². The molecule has 5 heteroatoms. The predicted octanol–water partition coefficient (Wildman–Crippen LogP) is 4.42. The molecule has 0 aliphatic carbocycles. The first kappa shape index (κ1) is 12.7. The number of hydrogen-bond acceptors (Lipinski definition) is 2. The molecular formula is C15H10F3NO. The van der Waals surface area contributed by atoms with E-state index in [0.717, 1.165) is 6.07 Å². The normalized spacial score (nSPS) is 12.0. The molecule has 3 rings (SSSR count). The standard InChI is InChI=1S/C15H10F3NO/c1-20-9-5-6-11-10-3-2-4-13(15(16,17)18)12(10)8-19-14(11)7-9/h2-8H,1H3. The molecule has 1 aromatic heterocycles. The molecule has 0 saturated heterocycles. The van der Waals surface area contributed by atoms with Crippen LogP contribution in [0.25, 0.3) is 21.7 Å². The fourth-order valence-electron chi connectivity index (χ4n) is 2.29. The van der Waals surface area contributed by atoms with Crippen molar-refractivity contribution in [2.45, 2.75) is 6.18 Å². The lowest BCUT2D eigenvalue weighted by Gasteiger charge is -2.11. The van der Waals surface area contributed by atoms with E-state index in [1.165, 1.54) is 19.4 Å². The molecule has 0 aliphatic heterocycles. The number of fused-ring (bicyclic) bond motifs is 3. The number of hydrogen-bond donors (Lipinski definition) is 0. The van der Waals surface area contributed by atoms with E-state index in [9.17, 15) is 13.2 Å². The molecule has 3 aromatic rings. The Morgan fingerprint density at radius 2 is 1.80 bits per heavy atom. The zero-order valence-corrected chi connectivity index (χ0v) is 10.5. The molecule has 2 nitrogen and oxygen atoms in total. The lowest BCUT2D eigenvalue weighted by atomic mass is 10.0. The first-order valence-electron chi connectivity index (χ1n) is 5.93. The third kappa shape index (κ3) is 1.95. The average Bonchev–Trinajstić information content (AvgIpc) is 2.44. The van der Waals surface area contributed by atoms with E-state index in [4.69, 9.17) is 4.74 Å². The fraction of sp³-hybridized carbons (Fsp3) is 0.133. The highest BCUT2D eigenvalue weighted by atomic mass is 19.4. The van der Waals surface area contributed by atoms with Crippen molar-refractivity contribution in [2.75, 3.05) is 7.11 Å². The summed E-state index contributed by atoms with van der Waals surface area (Å²) in [6.07, 6.45) is -3.12. The summed E-state index contributed by atoms with van der Waals surface area (Å²) in [4.78, 5) is 4.11. The molecule has 0 atom stereocenters. The van der Waals surface area contributed by atoms with Crippen LogP contribution >= 0.6 is 0 Å². The van der Waals surface area contributed by atoms with E-state index in [0.29, 0.717) is 22.0 Å². The van der Waals surface area contributed by atoms with Crippen molar-refractivity contribution in [1.29, 1.82) is 0 Å². The van der Waals surface area contributed by atoms with E-state index >= 15 is 0 Å². The molecule has 0 saturated carbocycles. The number of nitrogens with zero attached hydrogens (tertiary/aromatic N) is 1. The summed E-state index contributed by atoms with van der Waals surface area (Å²) in [5, 5.41) is 1.32. The van der Waals surface area contributed by atoms with Gasteiger partial charge in [-0.1, -0.05) is 12.1 Å². The van der Waals surface area contributed by atoms with Gasteiger partial charge in [-0.15, -0.1) is 0 Å². The van der Waals surface area contributed by atoms with Crippen LogP contribution < -0.4 is 4.74 Å². The fourth-order valence-corrected chi connectivity index (χ4v) is 2.29. The van der Waals surface area contributed by atoms with Crippen LogP contribution in [0.2, 0.25) is 0 Å². The Bertz CT molecular complexity index is 796. The van der Waals surface area contributed by atoms with Gasteiger partial charge >= 0.3 is 6.18 Å². The van der Waals surface area contributed by atoms with Crippen molar-refractivity contribution in [3.63, 3.8) is 0 Å². The Balaban J connectivity index is 2.38. The van der Waals surface area contributed by atoms with Crippen molar-refractivity contribution in [3.05, 3.63) is 48.2 Å². The van der Waals surface area contributed by atoms with E-state index in [-0.39, 0.29) is 5.39 Å². The second-order valence-electron chi connectivity index (χ2n) is 4.41. The van der Waals surface area contributed by atoms with Crippen LogP contribution in [0.3, 0.4) is 0 Å². The Labute approximate surface area is 112 Å². The number of rotatable bonds is 1. The minimum atomic E-state index is -4.39. The van der Waals surface area contributed by atoms with E-state index in [2.05, 4.69) is 4.98 Å². The lowest BCUT2D eigenvalue weighted by Crippen LogP contribution is -2.05. The largest absolute Gasteiger partial charge is 0.497 e. The molecule has 20 heavy (non-hydrogen) atoms. The van der Waals surface area contributed by atoms with Gasteiger partial charge in [0.05, 0.1) is 18.2 Å². The molecule has 0 aliphatic rings. The lowest BCUT2D eigenvalue weighted by molar-refractivity contribution is -0.136. The maximum Gasteiger partial charge on any atom is 0.417 e. The summed E-state index contributed by atoms with van der Waals surface area (Å²) in [7, 11) is 1.53. The highest BCUT2D eigenvalue weighted by molar-refractivity contribution is 6.06. The third-order valence-corrected chi connectivity index (χ3v) is 3.24. The Morgan fingerprint density at radius 1 is 1.00 bits per heavy atom. The van der Waals surface area contributed by atoms with E-state index < -0.39 is 11.7 Å². The van der Waals surface area contributed by atoms with Crippen LogP contribution in [0.15, 0.2) is 42.6 Å². The van der Waals surface area contributed by atoms with Gasteiger partial charge in [0.1, 0.15) is 5.75 Å². The molecule has 0 N–H and O–H groups in total. The van der Waals surface area contributed by atoms with Crippen molar-refractivity contribution in [2.24, 2.45) is 0 Å². The number of benzene rings is 2. The topological polar surface area (TPSA) is 22.1 Å². The highest BCUT2D eigenvalue weighted by Gasteiger charge is 2.32. The second-order valence-corrected chi connectivity index (χ2v) is 4.41. The first-order valence-corrected chi connectivity index (χ1v) is 5.93. The van der Waals surface area contributed by atoms with Gasteiger partial charge in [0.2, 0.25) is 0 Å². The van der Waals surface area contributed by atoms with Crippen molar-refractivity contribution in [3.8, 4) is 5.75 Å². The molecule has 0 spiro atoms. The summed E-state index contributed by atoms with van der Waals surface area (Å²) < 4.78 is 44.1. The highest BCUT2D eigenvalue weighted by Crippen LogP contribution is 2.36. The zero-order chi connectivity index (χ0) is 14.3. The van der Waals surface area contributed by atoms with Crippen LogP contribution in [0, 0.1) is 0 Å². The molecule has 102 valence electrons. The van der Waals surface area contributed by atoms with Gasteiger partial charge in [0.15, 0.2) is 0 Å². The maximum absolute atomic E-state index is 13.0. The summed E-state index contributed by atoms with van der Waals surface area (Å²) in [5.41, 5.74) is -0.0589.